The van der Waals surface area contributed by atoms with E-state index in [0.717, 1.165) is 12.0 Å². The molecule has 0 aromatic heterocycles. The van der Waals surface area contributed by atoms with Crippen LogP contribution in [0.25, 0.3) is 11.6 Å². The molecule has 2 aromatic rings. The molecule has 0 saturated carbocycles. The summed E-state index contributed by atoms with van der Waals surface area (Å²) in [6.07, 6.45) is 2.59. The zero-order valence-electron chi connectivity index (χ0n) is 13.7. The van der Waals surface area contributed by atoms with Crippen LogP contribution in [0, 0.1) is 0 Å². The molecule has 1 aliphatic rings. The molecule has 25 heavy (non-hydrogen) atoms. The fourth-order valence-corrected chi connectivity index (χ4v) is 2.83. The summed E-state index contributed by atoms with van der Waals surface area (Å²) in [5.74, 6) is -2.73. The van der Waals surface area contributed by atoms with E-state index in [9.17, 15) is 19.5 Å². The lowest BCUT2D eigenvalue weighted by Gasteiger charge is -2.28. The van der Waals surface area contributed by atoms with E-state index >= 15 is 0 Å². The average molecular weight is 334 g/mol. The van der Waals surface area contributed by atoms with E-state index in [2.05, 4.69) is 6.92 Å². The molecule has 126 valence electrons. The zero-order valence-corrected chi connectivity index (χ0v) is 13.7. The van der Waals surface area contributed by atoms with E-state index in [0.29, 0.717) is 21.6 Å². The molecule has 5 heteroatoms. The van der Waals surface area contributed by atoms with Crippen molar-refractivity contribution in [2.75, 3.05) is 6.54 Å². The number of rotatable bonds is 4. The van der Waals surface area contributed by atoms with Gasteiger partial charge in [0.1, 0.15) is 0 Å². The third-order valence-corrected chi connectivity index (χ3v) is 4.15. The predicted octanol–water partition coefficient (Wildman–Crippen LogP) is 1.52. The number of carbonyl (C=O) groups excluding carboxylic acids is 3. The minimum atomic E-state index is -1.48. The number of fused-ring (bicyclic) bond motifs is 1. The third kappa shape index (κ3) is 3.21. The van der Waals surface area contributed by atoms with Crippen LogP contribution in [-0.4, -0.2) is 29.2 Å². The number of aliphatic carboxylic acids is 1. The fraction of sp³-hybridized carbons (Fsp3) is 0.150. The summed E-state index contributed by atoms with van der Waals surface area (Å²) < 4.78 is 0. The number of carboxylic acid groups (broad SMARTS) is 1. The molecule has 5 nitrogen and oxygen atoms in total. The van der Waals surface area contributed by atoms with Gasteiger partial charge in [-0.05, 0) is 35.3 Å². The highest BCUT2D eigenvalue weighted by atomic mass is 16.4. The summed E-state index contributed by atoms with van der Waals surface area (Å²) in [4.78, 5) is 36.8. The molecule has 3 rings (SSSR count). The van der Waals surface area contributed by atoms with Crippen molar-refractivity contribution in [3.05, 3.63) is 70.8 Å². The van der Waals surface area contributed by atoms with Crippen molar-refractivity contribution in [1.82, 2.24) is 4.90 Å². The maximum absolute atomic E-state index is 12.7. The second-order valence-corrected chi connectivity index (χ2v) is 5.77. The number of imide groups is 1. The molecule has 0 aliphatic carbocycles. The van der Waals surface area contributed by atoms with Crippen LogP contribution >= 0.6 is 0 Å². The van der Waals surface area contributed by atoms with Gasteiger partial charge in [-0.1, -0.05) is 49.4 Å². The van der Waals surface area contributed by atoms with E-state index < -0.39 is 24.3 Å². The molecule has 0 spiro atoms. The smallest absolute Gasteiger partial charge is 0.261 e. The van der Waals surface area contributed by atoms with E-state index in [-0.39, 0.29) is 0 Å². The molecular formula is C20H16NO4-. The van der Waals surface area contributed by atoms with Gasteiger partial charge in [-0.15, -0.1) is 0 Å². The van der Waals surface area contributed by atoms with Crippen LogP contribution in [-0.2, 0) is 16.0 Å². The number of benzene rings is 2. The average Bonchev–Trinajstić information content (AvgIpc) is 2.62. The van der Waals surface area contributed by atoms with Crippen molar-refractivity contribution >= 4 is 29.4 Å². The largest absolute Gasteiger partial charge is 0.548 e. The third-order valence-electron chi connectivity index (χ3n) is 4.15. The van der Waals surface area contributed by atoms with Gasteiger partial charge in [-0.3, -0.25) is 14.5 Å². The van der Waals surface area contributed by atoms with Crippen molar-refractivity contribution in [2.24, 2.45) is 0 Å². The van der Waals surface area contributed by atoms with Crippen LogP contribution in [0.5, 0.6) is 0 Å². The molecular weight excluding hydrogens is 318 g/mol. The summed E-state index contributed by atoms with van der Waals surface area (Å²) in [5, 5.41) is 10.9. The lowest BCUT2D eigenvalue weighted by molar-refractivity contribution is -0.305. The normalized spacial score (nSPS) is 15.4. The number of carboxylic acids is 1. The Bertz CT molecular complexity index is 881. The first-order chi connectivity index (χ1) is 12.0. The van der Waals surface area contributed by atoms with Crippen molar-refractivity contribution < 1.29 is 19.5 Å². The Morgan fingerprint density at radius 2 is 1.64 bits per heavy atom. The lowest BCUT2D eigenvalue weighted by atomic mass is 9.92. The van der Waals surface area contributed by atoms with Crippen LogP contribution in [0.2, 0.25) is 0 Å². The highest BCUT2D eigenvalue weighted by molar-refractivity contribution is 6.34. The van der Waals surface area contributed by atoms with Gasteiger partial charge in [0.25, 0.3) is 11.8 Å². The topological polar surface area (TPSA) is 77.5 Å². The van der Waals surface area contributed by atoms with E-state index in [1.54, 1.807) is 30.3 Å². The molecule has 0 saturated heterocycles. The molecule has 0 N–H and O–H groups in total. The van der Waals surface area contributed by atoms with Crippen molar-refractivity contribution in [3.8, 4) is 0 Å². The van der Waals surface area contributed by atoms with Gasteiger partial charge in [0, 0.05) is 11.1 Å². The van der Waals surface area contributed by atoms with E-state index in [1.165, 1.54) is 5.56 Å². The Labute approximate surface area is 145 Å². The predicted molar refractivity (Wildman–Crippen MR) is 91.2 cm³/mol. The van der Waals surface area contributed by atoms with Crippen LogP contribution in [0.1, 0.15) is 34.0 Å². The molecule has 1 aliphatic heterocycles. The summed E-state index contributed by atoms with van der Waals surface area (Å²) in [6.45, 7) is 1.29. The summed E-state index contributed by atoms with van der Waals surface area (Å²) >= 11 is 0. The van der Waals surface area contributed by atoms with Gasteiger partial charge < -0.3 is 9.90 Å². The second kappa shape index (κ2) is 6.73. The summed E-state index contributed by atoms with van der Waals surface area (Å²) in [7, 11) is 0. The number of carbonyl (C=O) groups is 3. The minimum absolute atomic E-state index is 0.292. The van der Waals surface area contributed by atoms with Gasteiger partial charge in [0.2, 0.25) is 0 Å². The maximum Gasteiger partial charge on any atom is 0.261 e. The first kappa shape index (κ1) is 16.6. The quantitative estimate of drug-likeness (QED) is 0.627. The van der Waals surface area contributed by atoms with Crippen molar-refractivity contribution in [3.63, 3.8) is 0 Å². The molecule has 2 aromatic carbocycles. The Morgan fingerprint density at radius 1 is 1.00 bits per heavy atom. The molecule has 0 unspecified atom stereocenters. The molecule has 0 radical (unpaired) electrons. The van der Waals surface area contributed by atoms with Gasteiger partial charge >= 0.3 is 0 Å². The number of amides is 2. The Kier molecular flexibility index (Phi) is 4.48. The molecule has 2 amide bonds. The minimum Gasteiger partial charge on any atom is -0.548 e. The maximum atomic E-state index is 12.7. The van der Waals surface area contributed by atoms with E-state index in [4.69, 9.17) is 0 Å². The summed E-state index contributed by atoms with van der Waals surface area (Å²) in [6, 6.07) is 14.4. The monoisotopic (exact) mass is 334 g/mol. The Hall–Kier alpha value is -3.21. The van der Waals surface area contributed by atoms with Gasteiger partial charge in [0.05, 0.1) is 12.5 Å². The highest BCUT2D eigenvalue weighted by Crippen LogP contribution is 2.30. The van der Waals surface area contributed by atoms with E-state index in [1.807, 2.05) is 24.3 Å². The number of aryl methyl sites for hydroxylation is 1. The number of hydrogen-bond acceptors (Lipinski definition) is 4. The second-order valence-electron chi connectivity index (χ2n) is 5.77. The fourth-order valence-electron chi connectivity index (χ4n) is 2.83. The zero-order chi connectivity index (χ0) is 18.0. The Balaban J connectivity index is 2.10. The molecule has 0 atom stereocenters. The Morgan fingerprint density at radius 3 is 2.24 bits per heavy atom. The van der Waals surface area contributed by atoms with Crippen LogP contribution in [0.4, 0.5) is 0 Å². The highest BCUT2D eigenvalue weighted by Gasteiger charge is 2.34. The first-order valence-electron chi connectivity index (χ1n) is 7.97. The first-order valence-corrected chi connectivity index (χ1v) is 7.97. The molecule has 1 heterocycles. The summed E-state index contributed by atoms with van der Waals surface area (Å²) in [5.41, 5.74) is 3.08. The van der Waals surface area contributed by atoms with Crippen LogP contribution < -0.4 is 5.11 Å². The lowest BCUT2D eigenvalue weighted by Crippen LogP contribution is -2.47. The van der Waals surface area contributed by atoms with Crippen LogP contribution in [0.3, 0.4) is 0 Å². The van der Waals surface area contributed by atoms with Gasteiger partial charge in [0.15, 0.2) is 0 Å². The van der Waals surface area contributed by atoms with Crippen LogP contribution in [0.15, 0.2) is 48.5 Å². The SMILES string of the molecule is CCc1ccc(/C=C2\C(=O)N(CC(=O)[O-])C(=O)c3ccccc32)cc1. The standard InChI is InChI=1S/C20H17NO4/c1-2-13-7-9-14(10-8-13)11-17-15-5-3-4-6-16(15)19(24)21(20(17)25)12-18(22)23/h3-11H,2,12H2,1H3,(H,22,23)/p-1/b17-11-. The van der Waals surface area contributed by atoms with Crippen molar-refractivity contribution in [2.45, 2.75) is 13.3 Å². The molecule has 0 fully saturated rings. The molecule has 0 bridgehead atoms. The van der Waals surface area contributed by atoms with Gasteiger partial charge in [-0.25, -0.2) is 0 Å². The van der Waals surface area contributed by atoms with Gasteiger partial charge in [-0.2, -0.15) is 0 Å². The number of hydrogen-bond donors (Lipinski definition) is 0. The number of nitrogens with zero attached hydrogens (tertiary/aromatic N) is 1. The van der Waals surface area contributed by atoms with Crippen molar-refractivity contribution in [1.29, 1.82) is 0 Å².